The van der Waals surface area contributed by atoms with Crippen molar-refractivity contribution in [1.29, 1.82) is 0 Å². The van der Waals surface area contributed by atoms with Crippen molar-refractivity contribution in [3.8, 4) is 0 Å². The highest BCUT2D eigenvalue weighted by Gasteiger charge is 2.16. The number of aryl methyl sites for hydroxylation is 2. The summed E-state index contributed by atoms with van der Waals surface area (Å²) in [6.07, 6.45) is 0. The van der Waals surface area contributed by atoms with Gasteiger partial charge >= 0.3 is 6.03 Å². The predicted molar refractivity (Wildman–Crippen MR) is 108 cm³/mol. The molecule has 0 radical (unpaired) electrons. The SMILES string of the molecule is Cc1ccc(CNC(=O)c2sc(NC(=O)Nc3ccccc3)nc2C)cc1. The highest BCUT2D eigenvalue weighted by Crippen LogP contribution is 2.23. The molecule has 0 unspecified atom stereocenters. The molecule has 7 heteroatoms. The van der Waals surface area contributed by atoms with Gasteiger partial charge < -0.3 is 10.6 Å². The molecule has 6 nitrogen and oxygen atoms in total. The fourth-order valence-corrected chi connectivity index (χ4v) is 3.29. The van der Waals surface area contributed by atoms with E-state index in [0.717, 1.165) is 16.9 Å². The lowest BCUT2D eigenvalue weighted by Crippen LogP contribution is -2.22. The molecule has 0 atom stereocenters. The van der Waals surface area contributed by atoms with E-state index in [4.69, 9.17) is 0 Å². The summed E-state index contributed by atoms with van der Waals surface area (Å²) in [5.41, 5.74) is 3.46. The molecule has 1 heterocycles. The molecule has 138 valence electrons. The Bertz CT molecular complexity index is 936. The number of aromatic nitrogens is 1. The molecule has 3 N–H and O–H groups in total. The molecule has 0 fully saturated rings. The summed E-state index contributed by atoms with van der Waals surface area (Å²) in [6.45, 7) is 4.21. The monoisotopic (exact) mass is 380 g/mol. The molecule has 27 heavy (non-hydrogen) atoms. The van der Waals surface area contributed by atoms with Gasteiger partial charge in [-0.05, 0) is 31.5 Å². The summed E-state index contributed by atoms with van der Waals surface area (Å²) in [4.78, 5) is 29.2. The van der Waals surface area contributed by atoms with Gasteiger partial charge in [0.05, 0.1) is 5.69 Å². The predicted octanol–water partition coefficient (Wildman–Crippen LogP) is 4.33. The van der Waals surface area contributed by atoms with Crippen molar-refractivity contribution in [2.24, 2.45) is 0 Å². The Kier molecular flexibility index (Phi) is 5.83. The number of carbonyl (C=O) groups is 2. The molecule has 0 aliphatic heterocycles. The van der Waals surface area contributed by atoms with Gasteiger partial charge in [0.15, 0.2) is 5.13 Å². The lowest BCUT2D eigenvalue weighted by Gasteiger charge is -2.05. The molecule has 0 aliphatic rings. The van der Waals surface area contributed by atoms with Crippen LogP contribution in [0.3, 0.4) is 0 Å². The van der Waals surface area contributed by atoms with Gasteiger partial charge in [0.2, 0.25) is 0 Å². The maximum atomic E-state index is 12.4. The van der Waals surface area contributed by atoms with Crippen LogP contribution in [-0.4, -0.2) is 16.9 Å². The maximum absolute atomic E-state index is 12.4. The first kappa shape index (κ1) is 18.6. The van der Waals surface area contributed by atoms with Crippen molar-refractivity contribution >= 4 is 34.1 Å². The highest BCUT2D eigenvalue weighted by molar-refractivity contribution is 7.17. The number of nitrogens with zero attached hydrogens (tertiary/aromatic N) is 1. The molecular weight excluding hydrogens is 360 g/mol. The zero-order valence-corrected chi connectivity index (χ0v) is 15.9. The number of carbonyl (C=O) groups excluding carboxylic acids is 2. The smallest absolute Gasteiger partial charge is 0.325 e. The van der Waals surface area contributed by atoms with Crippen LogP contribution in [-0.2, 0) is 6.54 Å². The molecule has 0 aliphatic carbocycles. The molecule has 2 aromatic carbocycles. The van der Waals surface area contributed by atoms with E-state index in [1.165, 1.54) is 5.56 Å². The van der Waals surface area contributed by atoms with Crippen molar-refractivity contribution in [3.05, 3.63) is 76.3 Å². The van der Waals surface area contributed by atoms with Gasteiger partial charge in [-0.25, -0.2) is 9.78 Å². The number of para-hydroxylation sites is 1. The Morgan fingerprint density at radius 2 is 1.67 bits per heavy atom. The van der Waals surface area contributed by atoms with Crippen LogP contribution in [0.2, 0.25) is 0 Å². The van der Waals surface area contributed by atoms with E-state index in [0.29, 0.717) is 27.9 Å². The van der Waals surface area contributed by atoms with Crippen molar-refractivity contribution in [2.45, 2.75) is 20.4 Å². The Morgan fingerprint density at radius 1 is 0.963 bits per heavy atom. The van der Waals surface area contributed by atoms with E-state index < -0.39 is 6.03 Å². The van der Waals surface area contributed by atoms with E-state index in [2.05, 4.69) is 20.9 Å². The number of anilines is 2. The Balaban J connectivity index is 1.59. The van der Waals surface area contributed by atoms with Gasteiger partial charge in [0.25, 0.3) is 5.91 Å². The van der Waals surface area contributed by atoms with Gasteiger partial charge in [-0.15, -0.1) is 0 Å². The first-order valence-electron chi connectivity index (χ1n) is 8.45. The number of nitrogens with one attached hydrogen (secondary N) is 3. The normalized spacial score (nSPS) is 10.3. The Labute approximate surface area is 161 Å². The van der Waals surface area contributed by atoms with E-state index in [1.807, 2.05) is 49.4 Å². The quantitative estimate of drug-likeness (QED) is 0.616. The summed E-state index contributed by atoms with van der Waals surface area (Å²) in [5, 5.41) is 8.64. The molecule has 0 saturated heterocycles. The van der Waals surface area contributed by atoms with Crippen LogP contribution in [0.5, 0.6) is 0 Å². The second kappa shape index (κ2) is 8.46. The van der Waals surface area contributed by atoms with Gasteiger partial charge in [0.1, 0.15) is 4.88 Å². The molecule has 0 spiro atoms. The number of urea groups is 1. The van der Waals surface area contributed by atoms with Crippen molar-refractivity contribution < 1.29 is 9.59 Å². The number of benzene rings is 2. The van der Waals surface area contributed by atoms with Crippen LogP contribution in [0.15, 0.2) is 54.6 Å². The number of hydrogen-bond acceptors (Lipinski definition) is 4. The molecule has 3 rings (SSSR count). The second-order valence-corrected chi connectivity index (χ2v) is 7.05. The van der Waals surface area contributed by atoms with Crippen LogP contribution >= 0.6 is 11.3 Å². The zero-order valence-electron chi connectivity index (χ0n) is 15.1. The zero-order chi connectivity index (χ0) is 19.2. The second-order valence-electron chi connectivity index (χ2n) is 6.05. The van der Waals surface area contributed by atoms with Crippen molar-refractivity contribution in [3.63, 3.8) is 0 Å². The highest BCUT2D eigenvalue weighted by atomic mass is 32.1. The lowest BCUT2D eigenvalue weighted by atomic mass is 10.1. The van der Waals surface area contributed by atoms with Crippen LogP contribution < -0.4 is 16.0 Å². The van der Waals surface area contributed by atoms with Gasteiger partial charge in [-0.1, -0.05) is 59.4 Å². The van der Waals surface area contributed by atoms with E-state index >= 15 is 0 Å². The van der Waals surface area contributed by atoms with Crippen molar-refractivity contribution in [2.75, 3.05) is 10.6 Å². The fraction of sp³-hybridized carbons (Fsp3) is 0.150. The first-order chi connectivity index (χ1) is 13.0. The van der Waals surface area contributed by atoms with Gasteiger partial charge in [-0.3, -0.25) is 10.1 Å². The molecule has 0 bridgehead atoms. The van der Waals surface area contributed by atoms with Crippen LogP contribution in [0.1, 0.15) is 26.5 Å². The van der Waals surface area contributed by atoms with E-state index in [-0.39, 0.29) is 5.91 Å². The third-order valence-electron chi connectivity index (χ3n) is 3.83. The first-order valence-corrected chi connectivity index (χ1v) is 9.27. The van der Waals surface area contributed by atoms with Crippen LogP contribution in [0, 0.1) is 13.8 Å². The summed E-state index contributed by atoms with van der Waals surface area (Å²) in [5.74, 6) is -0.206. The number of amides is 3. The Morgan fingerprint density at radius 3 is 2.37 bits per heavy atom. The molecule has 1 aromatic heterocycles. The molecular formula is C20H20N4O2S. The van der Waals surface area contributed by atoms with Crippen LogP contribution in [0.25, 0.3) is 0 Å². The topological polar surface area (TPSA) is 83.1 Å². The van der Waals surface area contributed by atoms with E-state index in [1.54, 1.807) is 19.1 Å². The summed E-state index contributed by atoms with van der Waals surface area (Å²) >= 11 is 1.15. The molecule has 3 aromatic rings. The summed E-state index contributed by atoms with van der Waals surface area (Å²) in [6, 6.07) is 16.7. The number of thiazole rings is 1. The third kappa shape index (κ3) is 5.15. The summed E-state index contributed by atoms with van der Waals surface area (Å²) in [7, 11) is 0. The minimum atomic E-state index is -0.401. The van der Waals surface area contributed by atoms with Crippen LogP contribution in [0.4, 0.5) is 15.6 Å². The van der Waals surface area contributed by atoms with E-state index in [9.17, 15) is 9.59 Å². The van der Waals surface area contributed by atoms with Gasteiger partial charge in [0, 0.05) is 12.2 Å². The average molecular weight is 380 g/mol. The van der Waals surface area contributed by atoms with Gasteiger partial charge in [-0.2, -0.15) is 0 Å². The van der Waals surface area contributed by atoms with Crippen molar-refractivity contribution in [1.82, 2.24) is 10.3 Å². The fourth-order valence-electron chi connectivity index (χ4n) is 2.41. The number of hydrogen-bond donors (Lipinski definition) is 3. The number of rotatable bonds is 5. The lowest BCUT2D eigenvalue weighted by molar-refractivity contribution is 0.0954. The minimum Gasteiger partial charge on any atom is -0.347 e. The summed E-state index contributed by atoms with van der Waals surface area (Å²) < 4.78 is 0. The largest absolute Gasteiger partial charge is 0.347 e. The third-order valence-corrected chi connectivity index (χ3v) is 4.90. The molecule has 0 saturated carbocycles. The maximum Gasteiger partial charge on any atom is 0.325 e. The Hall–Kier alpha value is -3.19. The minimum absolute atomic E-state index is 0.206. The standard InChI is InChI=1S/C20H20N4O2S/c1-13-8-10-15(11-9-13)12-21-18(25)17-14(2)22-20(27-17)24-19(26)23-16-6-4-3-5-7-16/h3-11H,12H2,1-2H3,(H,21,25)(H2,22,23,24,26). The average Bonchev–Trinajstić information content (AvgIpc) is 3.02. The molecule has 3 amide bonds.